The van der Waals surface area contributed by atoms with E-state index in [1.54, 1.807) is 7.05 Å². The van der Waals surface area contributed by atoms with Gasteiger partial charge in [0, 0.05) is 39.0 Å². The molecule has 0 spiro atoms. The summed E-state index contributed by atoms with van der Waals surface area (Å²) in [5.41, 5.74) is 2.65. The predicted octanol–water partition coefficient (Wildman–Crippen LogP) is 3.48. The molecule has 7 heteroatoms. The fraction of sp³-hybridized carbons (Fsp3) is 0.609. The predicted molar refractivity (Wildman–Crippen MR) is 120 cm³/mol. The maximum absolute atomic E-state index is 5.28. The minimum atomic E-state index is 0.294. The molecule has 0 amide bonds. The van der Waals surface area contributed by atoms with Crippen LogP contribution < -0.4 is 10.6 Å². The maximum Gasteiger partial charge on any atom is 0.226 e. The maximum atomic E-state index is 5.28. The molecule has 1 saturated heterocycles. The van der Waals surface area contributed by atoms with Crippen molar-refractivity contribution in [3.05, 3.63) is 47.1 Å². The number of hydrogen-bond donors (Lipinski definition) is 2. The highest BCUT2D eigenvalue weighted by molar-refractivity contribution is 5.79. The van der Waals surface area contributed by atoms with Crippen molar-refractivity contribution in [2.75, 3.05) is 26.7 Å². The number of aliphatic imine (C=N–C) groups is 1. The van der Waals surface area contributed by atoms with Crippen molar-refractivity contribution in [2.24, 2.45) is 4.99 Å². The third kappa shape index (κ3) is 7.13. The van der Waals surface area contributed by atoms with Crippen LogP contribution >= 0.6 is 0 Å². The summed E-state index contributed by atoms with van der Waals surface area (Å²) in [5.74, 6) is 2.58. The van der Waals surface area contributed by atoms with Crippen LogP contribution in [0.5, 0.6) is 0 Å². The van der Waals surface area contributed by atoms with Gasteiger partial charge in [0.25, 0.3) is 0 Å². The number of piperidine rings is 1. The first-order valence-corrected chi connectivity index (χ1v) is 11.2. The Morgan fingerprint density at radius 3 is 2.50 bits per heavy atom. The summed E-state index contributed by atoms with van der Waals surface area (Å²) in [5, 5.41) is 10.7. The van der Waals surface area contributed by atoms with Crippen molar-refractivity contribution in [2.45, 2.75) is 65.0 Å². The van der Waals surface area contributed by atoms with Gasteiger partial charge >= 0.3 is 0 Å². The standard InChI is InChI=1S/C23H36N6O/c1-18(2)22-27-21(30-28-22)8-7-13-25-23(24-3)26-16-19-9-11-20(12-10-19)17-29-14-5-4-6-15-29/h9-12,18H,4-8,13-17H2,1-3H3,(H2,24,25,26). The second-order valence-corrected chi connectivity index (χ2v) is 8.31. The second-order valence-electron chi connectivity index (χ2n) is 8.31. The molecule has 2 heterocycles. The lowest BCUT2D eigenvalue weighted by Crippen LogP contribution is -2.37. The Balaban J connectivity index is 1.35. The summed E-state index contributed by atoms with van der Waals surface area (Å²) < 4.78 is 5.28. The molecule has 0 aliphatic carbocycles. The van der Waals surface area contributed by atoms with Crippen LogP contribution in [0.25, 0.3) is 0 Å². The quantitative estimate of drug-likeness (QED) is 0.373. The van der Waals surface area contributed by atoms with E-state index in [1.165, 1.54) is 43.5 Å². The number of benzene rings is 1. The Kier molecular flexibility index (Phi) is 8.68. The molecule has 1 aromatic heterocycles. The Hall–Kier alpha value is -2.41. The van der Waals surface area contributed by atoms with Crippen LogP contribution in [0.4, 0.5) is 0 Å². The van der Waals surface area contributed by atoms with Crippen LogP contribution in [0.15, 0.2) is 33.8 Å². The topological polar surface area (TPSA) is 78.6 Å². The van der Waals surface area contributed by atoms with E-state index >= 15 is 0 Å². The molecule has 2 aromatic rings. The molecule has 0 atom stereocenters. The molecule has 1 aromatic carbocycles. The lowest BCUT2D eigenvalue weighted by atomic mass is 10.1. The lowest BCUT2D eigenvalue weighted by Gasteiger charge is -2.26. The van der Waals surface area contributed by atoms with Crippen molar-refractivity contribution in [3.63, 3.8) is 0 Å². The van der Waals surface area contributed by atoms with E-state index in [4.69, 9.17) is 4.52 Å². The Bertz CT molecular complexity index is 777. The molecular weight excluding hydrogens is 376 g/mol. The van der Waals surface area contributed by atoms with Gasteiger partial charge in [0.2, 0.25) is 5.89 Å². The molecule has 2 N–H and O–H groups in total. The highest BCUT2D eigenvalue weighted by Gasteiger charge is 2.11. The van der Waals surface area contributed by atoms with Gasteiger partial charge in [-0.05, 0) is 43.5 Å². The SMILES string of the molecule is CN=C(NCCCc1nc(C(C)C)no1)NCc1ccc(CN2CCCCC2)cc1. The summed E-state index contributed by atoms with van der Waals surface area (Å²) >= 11 is 0. The highest BCUT2D eigenvalue weighted by Crippen LogP contribution is 2.14. The third-order valence-corrected chi connectivity index (χ3v) is 5.42. The fourth-order valence-corrected chi connectivity index (χ4v) is 3.60. The first kappa shape index (κ1) is 22.3. The van der Waals surface area contributed by atoms with Gasteiger partial charge in [-0.25, -0.2) is 0 Å². The van der Waals surface area contributed by atoms with Crippen LogP contribution in [0.1, 0.15) is 68.3 Å². The Morgan fingerprint density at radius 2 is 1.83 bits per heavy atom. The third-order valence-electron chi connectivity index (χ3n) is 5.42. The molecule has 0 bridgehead atoms. The first-order valence-electron chi connectivity index (χ1n) is 11.2. The van der Waals surface area contributed by atoms with Crippen molar-refractivity contribution < 1.29 is 4.52 Å². The zero-order valence-electron chi connectivity index (χ0n) is 18.7. The van der Waals surface area contributed by atoms with Crippen LogP contribution in [0.2, 0.25) is 0 Å². The molecule has 30 heavy (non-hydrogen) atoms. The van der Waals surface area contributed by atoms with Crippen LogP contribution in [-0.4, -0.2) is 47.7 Å². The normalized spacial score (nSPS) is 15.5. The van der Waals surface area contributed by atoms with Crippen molar-refractivity contribution >= 4 is 5.96 Å². The molecule has 1 aliphatic heterocycles. The van der Waals surface area contributed by atoms with E-state index < -0.39 is 0 Å². The summed E-state index contributed by atoms with van der Waals surface area (Å²) in [6.07, 6.45) is 5.73. The van der Waals surface area contributed by atoms with Gasteiger partial charge in [-0.2, -0.15) is 4.98 Å². The molecule has 0 saturated carbocycles. The number of aromatic nitrogens is 2. The van der Waals surface area contributed by atoms with E-state index in [-0.39, 0.29) is 0 Å². The number of nitrogens with one attached hydrogen (secondary N) is 2. The van der Waals surface area contributed by atoms with Crippen LogP contribution in [0.3, 0.4) is 0 Å². The van der Waals surface area contributed by atoms with E-state index in [9.17, 15) is 0 Å². The average molecular weight is 413 g/mol. The largest absolute Gasteiger partial charge is 0.356 e. The average Bonchev–Trinajstić information content (AvgIpc) is 3.24. The van der Waals surface area contributed by atoms with Crippen molar-refractivity contribution in [1.29, 1.82) is 0 Å². The zero-order valence-corrected chi connectivity index (χ0v) is 18.7. The van der Waals surface area contributed by atoms with E-state index in [0.29, 0.717) is 11.8 Å². The van der Waals surface area contributed by atoms with Crippen molar-refractivity contribution in [1.82, 2.24) is 25.7 Å². The number of likely N-dealkylation sites (tertiary alicyclic amines) is 1. The van der Waals surface area contributed by atoms with Gasteiger partial charge in [-0.1, -0.05) is 49.7 Å². The van der Waals surface area contributed by atoms with Gasteiger partial charge in [-0.3, -0.25) is 9.89 Å². The van der Waals surface area contributed by atoms with Crippen LogP contribution in [-0.2, 0) is 19.5 Å². The number of nitrogens with zero attached hydrogens (tertiary/aromatic N) is 4. The smallest absolute Gasteiger partial charge is 0.226 e. The van der Waals surface area contributed by atoms with E-state index in [1.807, 2.05) is 0 Å². The Labute approximate surface area is 180 Å². The Morgan fingerprint density at radius 1 is 1.10 bits per heavy atom. The minimum absolute atomic E-state index is 0.294. The van der Waals surface area contributed by atoms with E-state index in [2.05, 4.69) is 68.8 Å². The van der Waals surface area contributed by atoms with Gasteiger partial charge in [0.1, 0.15) is 0 Å². The van der Waals surface area contributed by atoms with Gasteiger partial charge in [-0.15, -0.1) is 0 Å². The molecule has 3 rings (SSSR count). The molecule has 1 aliphatic rings. The molecule has 7 nitrogen and oxygen atoms in total. The van der Waals surface area contributed by atoms with Gasteiger partial charge < -0.3 is 15.2 Å². The zero-order chi connectivity index (χ0) is 21.2. The number of rotatable bonds is 9. The highest BCUT2D eigenvalue weighted by atomic mass is 16.5. The van der Waals surface area contributed by atoms with Gasteiger partial charge in [0.05, 0.1) is 0 Å². The first-order chi connectivity index (χ1) is 14.6. The molecule has 1 fully saturated rings. The fourth-order valence-electron chi connectivity index (χ4n) is 3.60. The summed E-state index contributed by atoms with van der Waals surface area (Å²) in [7, 11) is 1.80. The summed E-state index contributed by atoms with van der Waals surface area (Å²) in [4.78, 5) is 11.3. The summed E-state index contributed by atoms with van der Waals surface area (Å²) in [6.45, 7) is 9.21. The number of hydrogen-bond acceptors (Lipinski definition) is 5. The molecule has 0 radical (unpaired) electrons. The molecule has 164 valence electrons. The molecule has 0 unspecified atom stereocenters. The number of aryl methyl sites for hydroxylation is 1. The second kappa shape index (κ2) is 11.7. The monoisotopic (exact) mass is 412 g/mol. The van der Waals surface area contributed by atoms with Gasteiger partial charge in [0.15, 0.2) is 11.8 Å². The van der Waals surface area contributed by atoms with E-state index in [0.717, 1.165) is 44.3 Å². The number of guanidine groups is 1. The lowest BCUT2D eigenvalue weighted by molar-refractivity contribution is 0.221. The van der Waals surface area contributed by atoms with Crippen molar-refractivity contribution in [3.8, 4) is 0 Å². The molecular formula is C23H36N6O. The minimum Gasteiger partial charge on any atom is -0.356 e. The summed E-state index contributed by atoms with van der Waals surface area (Å²) in [6, 6.07) is 8.91. The van der Waals surface area contributed by atoms with Crippen LogP contribution in [0, 0.1) is 0 Å².